The van der Waals surface area contributed by atoms with Crippen molar-refractivity contribution in [1.29, 1.82) is 0 Å². The smallest absolute Gasteiger partial charge is 0.238 e. The van der Waals surface area contributed by atoms with E-state index in [4.69, 9.17) is 10.1 Å². The van der Waals surface area contributed by atoms with Gasteiger partial charge in [0, 0.05) is 17.6 Å². The minimum atomic E-state index is -3.69. The highest BCUT2D eigenvalue weighted by molar-refractivity contribution is 7.89. The van der Waals surface area contributed by atoms with Crippen LogP contribution in [-0.2, 0) is 23.0 Å². The number of hydrogen-bond acceptors (Lipinski definition) is 4. The topological polar surface area (TPSA) is 76.3 Å². The summed E-state index contributed by atoms with van der Waals surface area (Å²) in [6, 6.07) is 17.2. The summed E-state index contributed by atoms with van der Waals surface area (Å²) in [6.45, 7) is 1.49. The van der Waals surface area contributed by atoms with Gasteiger partial charge in [-0.25, -0.2) is 13.6 Å². The van der Waals surface area contributed by atoms with Gasteiger partial charge in [-0.3, -0.25) is 4.98 Å². The van der Waals surface area contributed by atoms with Crippen LogP contribution in [0.1, 0.15) is 11.3 Å². The summed E-state index contributed by atoms with van der Waals surface area (Å²) in [6.07, 6.45) is 0.897. The lowest BCUT2D eigenvalue weighted by Crippen LogP contribution is -2.21. The van der Waals surface area contributed by atoms with E-state index in [1.165, 1.54) is 0 Å². The number of anilines is 1. The standard InChI is InChI=1S/C18H17N3O2S/c19-24(22,23)16-8-6-14-9-10-21(18(14)11-16)12-15-7-5-13-3-1-2-4-17(13)20-15/h1-8,11H,9-10,12H2,(H2,19,22,23). The maximum Gasteiger partial charge on any atom is 0.238 e. The first kappa shape index (κ1) is 15.1. The molecule has 0 aliphatic carbocycles. The van der Waals surface area contributed by atoms with E-state index in [0.29, 0.717) is 6.54 Å². The predicted octanol–water partition coefficient (Wildman–Crippen LogP) is 2.44. The number of para-hydroxylation sites is 1. The largest absolute Gasteiger partial charge is 0.365 e. The monoisotopic (exact) mass is 339 g/mol. The fourth-order valence-electron chi connectivity index (χ4n) is 3.16. The Hall–Kier alpha value is -2.44. The van der Waals surface area contributed by atoms with Crippen molar-refractivity contribution in [2.45, 2.75) is 17.9 Å². The highest BCUT2D eigenvalue weighted by Gasteiger charge is 2.22. The molecule has 5 nitrogen and oxygen atoms in total. The molecule has 0 spiro atoms. The van der Waals surface area contributed by atoms with Gasteiger partial charge in [-0.1, -0.05) is 30.3 Å². The first-order chi connectivity index (χ1) is 11.5. The summed E-state index contributed by atoms with van der Waals surface area (Å²) in [5, 5.41) is 6.36. The van der Waals surface area contributed by atoms with Crippen LogP contribution in [0.5, 0.6) is 0 Å². The molecule has 2 heterocycles. The van der Waals surface area contributed by atoms with Gasteiger partial charge in [-0.15, -0.1) is 0 Å². The van der Waals surface area contributed by atoms with Gasteiger partial charge in [0.05, 0.1) is 22.7 Å². The molecule has 1 aromatic heterocycles. The Morgan fingerprint density at radius 3 is 2.75 bits per heavy atom. The second-order valence-corrected chi connectivity index (χ2v) is 7.56. The number of fused-ring (bicyclic) bond motifs is 2. The van der Waals surface area contributed by atoms with Crippen molar-refractivity contribution < 1.29 is 8.42 Å². The van der Waals surface area contributed by atoms with Crippen LogP contribution in [0.2, 0.25) is 0 Å². The first-order valence-corrected chi connectivity index (χ1v) is 9.31. The van der Waals surface area contributed by atoms with E-state index < -0.39 is 10.0 Å². The van der Waals surface area contributed by atoms with Crippen LogP contribution in [0.25, 0.3) is 10.9 Å². The molecule has 0 bridgehead atoms. The number of hydrogen-bond donors (Lipinski definition) is 1. The fraction of sp³-hybridized carbons (Fsp3) is 0.167. The molecule has 0 saturated carbocycles. The Morgan fingerprint density at radius 1 is 1.08 bits per heavy atom. The van der Waals surface area contributed by atoms with Crippen molar-refractivity contribution in [2.75, 3.05) is 11.4 Å². The van der Waals surface area contributed by atoms with Gasteiger partial charge in [0.25, 0.3) is 0 Å². The van der Waals surface area contributed by atoms with Gasteiger partial charge in [-0.05, 0) is 36.2 Å². The van der Waals surface area contributed by atoms with Crippen LogP contribution < -0.4 is 10.0 Å². The SMILES string of the molecule is NS(=O)(=O)c1ccc2c(c1)N(Cc1ccc3ccccc3n1)CC2. The van der Waals surface area contributed by atoms with Gasteiger partial charge in [0.15, 0.2) is 0 Å². The minimum absolute atomic E-state index is 0.152. The lowest BCUT2D eigenvalue weighted by atomic mass is 10.2. The number of nitrogens with two attached hydrogens (primary N) is 1. The molecule has 0 atom stereocenters. The number of pyridine rings is 1. The van der Waals surface area contributed by atoms with Crippen LogP contribution in [0.15, 0.2) is 59.5 Å². The van der Waals surface area contributed by atoms with Crippen molar-refractivity contribution in [3.8, 4) is 0 Å². The molecule has 3 aromatic rings. The molecule has 2 N–H and O–H groups in total. The quantitative estimate of drug-likeness (QED) is 0.795. The van der Waals surface area contributed by atoms with E-state index in [9.17, 15) is 8.42 Å². The van der Waals surface area contributed by atoms with Crippen LogP contribution in [0.4, 0.5) is 5.69 Å². The molecule has 0 radical (unpaired) electrons. The predicted molar refractivity (Wildman–Crippen MR) is 94.3 cm³/mol. The van der Waals surface area contributed by atoms with Crippen molar-refractivity contribution >= 4 is 26.6 Å². The molecule has 24 heavy (non-hydrogen) atoms. The van der Waals surface area contributed by atoms with Gasteiger partial charge in [0.1, 0.15) is 0 Å². The van der Waals surface area contributed by atoms with Crippen molar-refractivity contribution in [1.82, 2.24) is 4.98 Å². The zero-order valence-electron chi connectivity index (χ0n) is 13.0. The zero-order valence-corrected chi connectivity index (χ0v) is 13.8. The Morgan fingerprint density at radius 2 is 1.92 bits per heavy atom. The van der Waals surface area contributed by atoms with E-state index in [2.05, 4.69) is 11.0 Å². The number of aromatic nitrogens is 1. The highest BCUT2D eigenvalue weighted by Crippen LogP contribution is 2.31. The van der Waals surface area contributed by atoms with E-state index >= 15 is 0 Å². The average molecular weight is 339 g/mol. The average Bonchev–Trinajstić information content (AvgIpc) is 2.96. The Bertz CT molecular complexity index is 1030. The first-order valence-electron chi connectivity index (χ1n) is 7.76. The molecule has 0 amide bonds. The Kier molecular flexibility index (Phi) is 3.51. The van der Waals surface area contributed by atoms with Crippen molar-refractivity contribution in [2.24, 2.45) is 5.14 Å². The lowest BCUT2D eigenvalue weighted by molar-refractivity contribution is 0.598. The van der Waals surface area contributed by atoms with E-state index in [-0.39, 0.29) is 4.90 Å². The summed E-state index contributed by atoms with van der Waals surface area (Å²) in [5.74, 6) is 0. The molecule has 122 valence electrons. The third kappa shape index (κ3) is 2.74. The molecule has 1 aliphatic rings. The molecule has 0 unspecified atom stereocenters. The number of benzene rings is 2. The highest BCUT2D eigenvalue weighted by atomic mass is 32.2. The van der Waals surface area contributed by atoms with Crippen LogP contribution in [0, 0.1) is 0 Å². The van der Waals surface area contributed by atoms with E-state index in [1.807, 2.05) is 36.4 Å². The third-order valence-corrected chi connectivity index (χ3v) is 5.30. The third-order valence-electron chi connectivity index (χ3n) is 4.39. The van der Waals surface area contributed by atoms with Gasteiger partial charge in [0.2, 0.25) is 10.0 Å². The molecule has 0 saturated heterocycles. The summed E-state index contributed by atoms with van der Waals surface area (Å²) in [4.78, 5) is 7.00. The van der Waals surface area contributed by atoms with Crippen LogP contribution in [-0.4, -0.2) is 19.9 Å². The second-order valence-electron chi connectivity index (χ2n) is 6.00. The normalized spacial score (nSPS) is 14.1. The van der Waals surface area contributed by atoms with Crippen LogP contribution >= 0.6 is 0 Å². The van der Waals surface area contributed by atoms with Gasteiger partial charge < -0.3 is 4.90 Å². The van der Waals surface area contributed by atoms with Crippen molar-refractivity contribution in [3.05, 3.63) is 65.9 Å². The lowest BCUT2D eigenvalue weighted by Gasteiger charge is -2.19. The maximum absolute atomic E-state index is 11.6. The van der Waals surface area contributed by atoms with E-state index in [1.54, 1.807) is 12.1 Å². The molecule has 1 aliphatic heterocycles. The number of sulfonamides is 1. The summed E-state index contributed by atoms with van der Waals surface area (Å²) in [5.41, 5.74) is 4.00. The molecular formula is C18H17N3O2S. The second kappa shape index (κ2) is 5.58. The molecule has 2 aromatic carbocycles. The molecule has 4 rings (SSSR count). The molecule has 0 fully saturated rings. The Balaban J connectivity index is 1.67. The Labute approximate surface area is 140 Å². The fourth-order valence-corrected chi connectivity index (χ4v) is 3.69. The maximum atomic E-state index is 11.6. The molecular weight excluding hydrogens is 322 g/mol. The summed E-state index contributed by atoms with van der Waals surface area (Å²) < 4.78 is 23.2. The summed E-state index contributed by atoms with van der Waals surface area (Å²) >= 11 is 0. The van der Waals surface area contributed by atoms with Crippen molar-refractivity contribution in [3.63, 3.8) is 0 Å². The molecule has 6 heteroatoms. The number of nitrogens with zero attached hydrogens (tertiary/aromatic N) is 2. The van der Waals surface area contributed by atoms with E-state index in [0.717, 1.165) is 40.8 Å². The zero-order chi connectivity index (χ0) is 16.7. The summed E-state index contributed by atoms with van der Waals surface area (Å²) in [7, 11) is -3.69. The number of primary sulfonamides is 1. The number of rotatable bonds is 3. The minimum Gasteiger partial charge on any atom is -0.365 e. The van der Waals surface area contributed by atoms with Gasteiger partial charge >= 0.3 is 0 Å². The van der Waals surface area contributed by atoms with Crippen LogP contribution in [0.3, 0.4) is 0 Å². The van der Waals surface area contributed by atoms with Gasteiger partial charge in [-0.2, -0.15) is 0 Å².